The number of anilines is 4. The van der Waals surface area contributed by atoms with Crippen molar-refractivity contribution in [1.29, 1.82) is 0 Å². The molecule has 27 heavy (non-hydrogen) atoms. The number of aromatic nitrogens is 2. The molecule has 0 spiro atoms. The lowest BCUT2D eigenvalue weighted by Gasteiger charge is -2.15. The summed E-state index contributed by atoms with van der Waals surface area (Å²) in [5, 5.41) is 6.65. The van der Waals surface area contributed by atoms with Gasteiger partial charge in [0.2, 0.25) is 0 Å². The molecule has 0 saturated carbocycles. The van der Waals surface area contributed by atoms with Crippen LogP contribution < -0.4 is 20.1 Å². The van der Waals surface area contributed by atoms with E-state index in [9.17, 15) is 0 Å². The third-order valence-corrected chi connectivity index (χ3v) is 4.17. The van der Waals surface area contributed by atoms with Crippen molar-refractivity contribution in [2.45, 2.75) is 19.8 Å². The van der Waals surface area contributed by atoms with Crippen LogP contribution in [-0.4, -0.2) is 24.2 Å². The summed E-state index contributed by atoms with van der Waals surface area (Å²) in [4.78, 5) is 8.63. The van der Waals surface area contributed by atoms with E-state index in [0.717, 1.165) is 17.2 Å². The van der Waals surface area contributed by atoms with Crippen molar-refractivity contribution in [2.75, 3.05) is 24.9 Å². The third-order valence-electron chi connectivity index (χ3n) is 4.17. The summed E-state index contributed by atoms with van der Waals surface area (Å²) in [7, 11) is 3.23. The molecule has 0 amide bonds. The molecule has 0 unspecified atom stereocenters. The molecule has 1 heterocycles. The van der Waals surface area contributed by atoms with Gasteiger partial charge >= 0.3 is 0 Å². The van der Waals surface area contributed by atoms with Gasteiger partial charge in [0.15, 0.2) is 11.5 Å². The number of rotatable bonds is 7. The Morgan fingerprint density at radius 2 is 1.52 bits per heavy atom. The Kier molecular flexibility index (Phi) is 5.76. The van der Waals surface area contributed by atoms with Gasteiger partial charge in [-0.1, -0.05) is 32.0 Å². The van der Waals surface area contributed by atoms with E-state index in [1.54, 1.807) is 14.2 Å². The van der Waals surface area contributed by atoms with Gasteiger partial charge in [-0.05, 0) is 29.7 Å². The lowest BCUT2D eigenvalue weighted by molar-refractivity contribution is 0.355. The number of nitrogens with zero attached hydrogens (tertiary/aromatic N) is 2. The maximum Gasteiger partial charge on any atom is 0.162 e. The second-order valence-electron chi connectivity index (χ2n) is 6.35. The quantitative estimate of drug-likeness (QED) is 0.607. The number of ether oxygens (including phenoxy) is 2. The van der Waals surface area contributed by atoms with Crippen molar-refractivity contribution >= 4 is 23.0 Å². The molecule has 0 radical (unpaired) electrons. The van der Waals surface area contributed by atoms with Crippen LogP contribution in [0.25, 0.3) is 0 Å². The Morgan fingerprint density at radius 3 is 2.22 bits per heavy atom. The second kappa shape index (κ2) is 8.40. The van der Waals surface area contributed by atoms with Crippen molar-refractivity contribution in [2.24, 2.45) is 0 Å². The molecule has 6 heteroatoms. The first-order valence-corrected chi connectivity index (χ1v) is 8.77. The smallest absolute Gasteiger partial charge is 0.162 e. The van der Waals surface area contributed by atoms with Gasteiger partial charge in [-0.25, -0.2) is 9.97 Å². The van der Waals surface area contributed by atoms with Gasteiger partial charge in [0.1, 0.15) is 18.0 Å². The highest BCUT2D eigenvalue weighted by atomic mass is 16.5. The van der Waals surface area contributed by atoms with E-state index in [1.807, 2.05) is 36.4 Å². The van der Waals surface area contributed by atoms with Gasteiger partial charge in [0.25, 0.3) is 0 Å². The summed E-state index contributed by atoms with van der Waals surface area (Å²) in [5.74, 6) is 3.15. The van der Waals surface area contributed by atoms with Crippen LogP contribution in [0.4, 0.5) is 23.0 Å². The minimum Gasteiger partial charge on any atom is -0.493 e. The van der Waals surface area contributed by atoms with Gasteiger partial charge in [0.05, 0.1) is 14.2 Å². The molecule has 0 aliphatic rings. The molecule has 0 aliphatic heterocycles. The first-order chi connectivity index (χ1) is 13.1. The summed E-state index contributed by atoms with van der Waals surface area (Å²) in [6.07, 6.45) is 1.53. The maximum absolute atomic E-state index is 5.34. The highest BCUT2D eigenvalue weighted by Gasteiger charge is 2.08. The molecule has 1 aromatic heterocycles. The Labute approximate surface area is 159 Å². The van der Waals surface area contributed by atoms with E-state index in [-0.39, 0.29) is 0 Å². The van der Waals surface area contributed by atoms with E-state index in [1.165, 1.54) is 11.9 Å². The van der Waals surface area contributed by atoms with Gasteiger partial charge in [0, 0.05) is 23.5 Å². The van der Waals surface area contributed by atoms with Crippen LogP contribution in [0.15, 0.2) is 54.9 Å². The Bertz CT molecular complexity index is 912. The van der Waals surface area contributed by atoms with Crippen LogP contribution >= 0.6 is 0 Å². The molecule has 2 N–H and O–H groups in total. The first-order valence-electron chi connectivity index (χ1n) is 8.77. The zero-order valence-corrected chi connectivity index (χ0v) is 16.0. The zero-order chi connectivity index (χ0) is 19.2. The van der Waals surface area contributed by atoms with Crippen LogP contribution in [0, 0.1) is 0 Å². The topological polar surface area (TPSA) is 68.3 Å². The molecule has 0 aliphatic carbocycles. The molecular formula is C21H24N4O2. The van der Waals surface area contributed by atoms with Crippen LogP contribution in [0.5, 0.6) is 11.5 Å². The first kappa shape index (κ1) is 18.5. The Balaban J connectivity index is 1.80. The molecule has 0 saturated heterocycles. The highest BCUT2D eigenvalue weighted by molar-refractivity contribution is 5.66. The molecular weight excluding hydrogens is 340 g/mol. The number of benzene rings is 2. The van der Waals surface area contributed by atoms with E-state index in [4.69, 9.17) is 9.47 Å². The SMILES string of the molecule is COc1ccc(Nc2cc(Nc3ccccc3C(C)C)ncn2)cc1OC. The molecule has 140 valence electrons. The third kappa shape index (κ3) is 4.47. The zero-order valence-electron chi connectivity index (χ0n) is 16.0. The molecule has 3 aromatic rings. The lowest BCUT2D eigenvalue weighted by atomic mass is 10.0. The largest absolute Gasteiger partial charge is 0.493 e. The van der Waals surface area contributed by atoms with Gasteiger partial charge < -0.3 is 20.1 Å². The fourth-order valence-electron chi connectivity index (χ4n) is 2.81. The van der Waals surface area contributed by atoms with Crippen molar-refractivity contribution in [3.05, 3.63) is 60.4 Å². The summed E-state index contributed by atoms with van der Waals surface area (Å²) in [6, 6.07) is 15.7. The van der Waals surface area contributed by atoms with Crippen LogP contribution in [0.1, 0.15) is 25.3 Å². The summed E-state index contributed by atoms with van der Waals surface area (Å²) in [6.45, 7) is 4.34. The van der Waals surface area contributed by atoms with E-state index < -0.39 is 0 Å². The predicted octanol–water partition coefficient (Wildman–Crippen LogP) is 5.10. The predicted molar refractivity (Wildman–Crippen MR) is 109 cm³/mol. The Hall–Kier alpha value is -3.28. The number of hydrogen-bond donors (Lipinski definition) is 2. The van der Waals surface area contributed by atoms with E-state index in [0.29, 0.717) is 23.2 Å². The normalized spacial score (nSPS) is 10.6. The maximum atomic E-state index is 5.34. The van der Waals surface area contributed by atoms with Crippen LogP contribution in [-0.2, 0) is 0 Å². The van der Waals surface area contributed by atoms with Crippen molar-refractivity contribution in [1.82, 2.24) is 9.97 Å². The number of para-hydroxylation sites is 1. The standard InChI is InChI=1S/C21H24N4O2/c1-14(2)16-7-5-6-8-17(16)25-21-12-20(22-13-23-21)24-15-9-10-18(26-3)19(11-15)27-4/h5-14H,1-4H3,(H2,22,23,24,25). The summed E-state index contributed by atoms with van der Waals surface area (Å²) < 4.78 is 10.6. The summed E-state index contributed by atoms with van der Waals surface area (Å²) >= 11 is 0. The lowest BCUT2D eigenvalue weighted by Crippen LogP contribution is -2.01. The molecule has 3 rings (SSSR count). The van der Waals surface area contributed by atoms with Crippen LogP contribution in [0.3, 0.4) is 0 Å². The average Bonchev–Trinajstić information content (AvgIpc) is 2.68. The highest BCUT2D eigenvalue weighted by Crippen LogP contribution is 2.31. The minimum absolute atomic E-state index is 0.417. The minimum atomic E-state index is 0.417. The molecule has 0 bridgehead atoms. The van der Waals surface area contributed by atoms with E-state index >= 15 is 0 Å². The summed E-state index contributed by atoms with van der Waals surface area (Å²) in [5.41, 5.74) is 3.13. The second-order valence-corrected chi connectivity index (χ2v) is 6.35. The Morgan fingerprint density at radius 1 is 0.815 bits per heavy atom. The molecule has 2 aromatic carbocycles. The molecule has 0 atom stereocenters. The van der Waals surface area contributed by atoms with Crippen molar-refractivity contribution < 1.29 is 9.47 Å². The number of methoxy groups -OCH3 is 2. The fraction of sp³-hybridized carbons (Fsp3) is 0.238. The van der Waals surface area contributed by atoms with Gasteiger partial charge in [-0.15, -0.1) is 0 Å². The number of nitrogens with one attached hydrogen (secondary N) is 2. The average molecular weight is 364 g/mol. The van der Waals surface area contributed by atoms with Gasteiger partial charge in [-0.3, -0.25) is 0 Å². The number of hydrogen-bond acceptors (Lipinski definition) is 6. The van der Waals surface area contributed by atoms with E-state index in [2.05, 4.69) is 46.6 Å². The monoisotopic (exact) mass is 364 g/mol. The molecule has 6 nitrogen and oxygen atoms in total. The van der Waals surface area contributed by atoms with Crippen molar-refractivity contribution in [3.63, 3.8) is 0 Å². The van der Waals surface area contributed by atoms with Gasteiger partial charge in [-0.2, -0.15) is 0 Å². The van der Waals surface area contributed by atoms with Crippen molar-refractivity contribution in [3.8, 4) is 11.5 Å². The van der Waals surface area contributed by atoms with Crippen LogP contribution in [0.2, 0.25) is 0 Å². The fourth-order valence-corrected chi connectivity index (χ4v) is 2.81. The molecule has 0 fully saturated rings.